The summed E-state index contributed by atoms with van der Waals surface area (Å²) in [6.45, 7) is 5.99. The molecule has 0 saturated carbocycles. The third-order valence-corrected chi connectivity index (χ3v) is 3.99. The highest BCUT2D eigenvalue weighted by atomic mass is 19.1. The van der Waals surface area contributed by atoms with E-state index in [1.54, 1.807) is 23.0 Å². The van der Waals surface area contributed by atoms with Crippen LogP contribution in [0.1, 0.15) is 17.4 Å². The Hall–Kier alpha value is -2.25. The van der Waals surface area contributed by atoms with Gasteiger partial charge in [0.1, 0.15) is 11.5 Å². The predicted molar refractivity (Wildman–Crippen MR) is 87.7 cm³/mol. The number of carbonyl (C=O) groups is 1. The first-order chi connectivity index (χ1) is 11.6. The van der Waals surface area contributed by atoms with Crippen molar-refractivity contribution >= 4 is 5.91 Å². The van der Waals surface area contributed by atoms with Crippen LogP contribution < -0.4 is 5.32 Å². The average Bonchev–Trinajstić information content (AvgIpc) is 3.06. The van der Waals surface area contributed by atoms with E-state index in [1.807, 2.05) is 6.92 Å². The number of amides is 1. The van der Waals surface area contributed by atoms with Gasteiger partial charge < -0.3 is 10.1 Å². The number of imidazole rings is 1. The summed E-state index contributed by atoms with van der Waals surface area (Å²) >= 11 is 0. The maximum atomic E-state index is 13.1. The Morgan fingerprint density at radius 2 is 2.04 bits per heavy atom. The van der Waals surface area contributed by atoms with Gasteiger partial charge in [0.25, 0.3) is 5.91 Å². The fourth-order valence-corrected chi connectivity index (χ4v) is 2.78. The lowest BCUT2D eigenvalue weighted by Gasteiger charge is -2.29. The van der Waals surface area contributed by atoms with Gasteiger partial charge in [-0.25, -0.2) is 9.37 Å². The van der Waals surface area contributed by atoms with E-state index in [9.17, 15) is 9.18 Å². The number of nitrogens with one attached hydrogen (secondary N) is 1. The van der Waals surface area contributed by atoms with Crippen molar-refractivity contribution in [1.29, 1.82) is 0 Å². The average molecular weight is 332 g/mol. The zero-order valence-corrected chi connectivity index (χ0v) is 13.6. The van der Waals surface area contributed by atoms with E-state index >= 15 is 0 Å². The van der Waals surface area contributed by atoms with Crippen molar-refractivity contribution in [3.8, 4) is 5.69 Å². The van der Waals surface area contributed by atoms with Gasteiger partial charge in [0.15, 0.2) is 0 Å². The number of hydrogen-bond acceptors (Lipinski definition) is 4. The van der Waals surface area contributed by atoms with Crippen molar-refractivity contribution in [3.05, 3.63) is 48.3 Å². The van der Waals surface area contributed by atoms with Gasteiger partial charge in [-0.2, -0.15) is 0 Å². The summed E-state index contributed by atoms with van der Waals surface area (Å²) in [7, 11) is 0. The van der Waals surface area contributed by atoms with Crippen molar-refractivity contribution in [1.82, 2.24) is 19.8 Å². The zero-order chi connectivity index (χ0) is 16.9. The molecule has 1 amide bonds. The number of morpholine rings is 1. The predicted octanol–water partition coefficient (Wildman–Crippen LogP) is 1.46. The van der Waals surface area contributed by atoms with Crippen LogP contribution in [0.25, 0.3) is 5.69 Å². The van der Waals surface area contributed by atoms with E-state index in [2.05, 4.69) is 15.2 Å². The molecule has 2 heterocycles. The molecular formula is C17H21FN4O2. The minimum absolute atomic E-state index is 0.00664. The SMILES string of the molecule is C[C@@H](CN1CCOCC1)NC(=O)c1cncn1-c1ccc(F)cc1. The van der Waals surface area contributed by atoms with Crippen LogP contribution in [-0.2, 0) is 4.74 Å². The first-order valence-corrected chi connectivity index (χ1v) is 8.03. The van der Waals surface area contributed by atoms with Crippen LogP contribution in [0.5, 0.6) is 0 Å². The number of hydrogen-bond donors (Lipinski definition) is 1. The highest BCUT2D eigenvalue weighted by Gasteiger charge is 2.18. The summed E-state index contributed by atoms with van der Waals surface area (Å²) in [5.74, 6) is -0.512. The monoisotopic (exact) mass is 332 g/mol. The van der Waals surface area contributed by atoms with Gasteiger partial charge in [0, 0.05) is 31.4 Å². The molecule has 128 valence electrons. The van der Waals surface area contributed by atoms with Crippen LogP contribution in [0.3, 0.4) is 0 Å². The highest BCUT2D eigenvalue weighted by molar-refractivity contribution is 5.93. The third kappa shape index (κ3) is 3.98. The molecule has 24 heavy (non-hydrogen) atoms. The third-order valence-electron chi connectivity index (χ3n) is 3.99. The Labute approximate surface area is 140 Å². The molecule has 1 aliphatic rings. The normalized spacial score (nSPS) is 16.8. The number of carbonyl (C=O) groups excluding carboxylic acids is 1. The number of nitrogens with zero attached hydrogens (tertiary/aromatic N) is 3. The molecule has 0 aliphatic carbocycles. The van der Waals surface area contributed by atoms with Crippen LogP contribution in [0, 0.1) is 5.82 Å². The first kappa shape index (κ1) is 16.6. The minimum atomic E-state index is -0.316. The molecule has 0 bridgehead atoms. The van der Waals surface area contributed by atoms with Gasteiger partial charge in [-0.05, 0) is 31.2 Å². The second-order valence-electron chi connectivity index (χ2n) is 5.91. The van der Waals surface area contributed by atoms with Gasteiger partial charge in [-0.15, -0.1) is 0 Å². The van der Waals surface area contributed by atoms with E-state index in [1.165, 1.54) is 18.3 Å². The van der Waals surface area contributed by atoms with Crippen LogP contribution in [0.4, 0.5) is 4.39 Å². The molecule has 0 unspecified atom stereocenters. The number of benzene rings is 1. The first-order valence-electron chi connectivity index (χ1n) is 8.03. The van der Waals surface area contributed by atoms with E-state index in [0.717, 1.165) is 32.8 Å². The summed E-state index contributed by atoms with van der Waals surface area (Å²) in [5.41, 5.74) is 1.12. The van der Waals surface area contributed by atoms with Gasteiger partial charge in [0.2, 0.25) is 0 Å². The molecule has 1 aromatic carbocycles. The standard InChI is InChI=1S/C17H21FN4O2/c1-13(11-21-6-8-24-9-7-21)20-17(23)16-10-19-12-22(16)15-4-2-14(18)3-5-15/h2-5,10,12-13H,6-9,11H2,1H3,(H,20,23)/t13-/m0/s1. The van der Waals surface area contributed by atoms with Crippen molar-refractivity contribution in [2.24, 2.45) is 0 Å². The largest absolute Gasteiger partial charge is 0.379 e. The molecule has 1 saturated heterocycles. The second-order valence-corrected chi connectivity index (χ2v) is 5.91. The molecule has 0 radical (unpaired) electrons. The summed E-state index contributed by atoms with van der Waals surface area (Å²) < 4.78 is 20.0. The summed E-state index contributed by atoms with van der Waals surface area (Å²) in [4.78, 5) is 18.8. The molecule has 0 spiro atoms. The molecule has 2 aromatic rings. The van der Waals surface area contributed by atoms with Crippen LogP contribution in [0.15, 0.2) is 36.8 Å². The van der Waals surface area contributed by atoms with Gasteiger partial charge in [-0.3, -0.25) is 14.3 Å². The van der Waals surface area contributed by atoms with Crippen LogP contribution >= 0.6 is 0 Å². The lowest BCUT2D eigenvalue weighted by molar-refractivity contribution is 0.0342. The Bertz CT molecular complexity index is 680. The van der Waals surface area contributed by atoms with E-state index in [-0.39, 0.29) is 17.8 Å². The molecule has 1 aliphatic heterocycles. The van der Waals surface area contributed by atoms with Crippen molar-refractivity contribution in [2.75, 3.05) is 32.8 Å². The Morgan fingerprint density at radius 1 is 1.33 bits per heavy atom. The fourth-order valence-electron chi connectivity index (χ4n) is 2.78. The molecule has 3 rings (SSSR count). The van der Waals surface area contributed by atoms with Gasteiger partial charge >= 0.3 is 0 Å². The van der Waals surface area contributed by atoms with Crippen molar-refractivity contribution in [2.45, 2.75) is 13.0 Å². The Morgan fingerprint density at radius 3 is 2.75 bits per heavy atom. The molecule has 1 fully saturated rings. The number of aromatic nitrogens is 2. The summed E-state index contributed by atoms with van der Waals surface area (Å²) in [6.07, 6.45) is 3.06. The molecule has 1 N–H and O–H groups in total. The molecule has 1 atom stereocenters. The van der Waals surface area contributed by atoms with Gasteiger partial charge in [-0.1, -0.05) is 0 Å². The maximum absolute atomic E-state index is 13.1. The van der Waals surface area contributed by atoms with E-state index in [0.29, 0.717) is 11.4 Å². The lowest BCUT2D eigenvalue weighted by atomic mass is 10.2. The van der Waals surface area contributed by atoms with Crippen LogP contribution in [0.2, 0.25) is 0 Å². The Kier molecular flexibility index (Phi) is 5.22. The number of ether oxygens (including phenoxy) is 1. The second kappa shape index (κ2) is 7.55. The van der Waals surface area contributed by atoms with E-state index in [4.69, 9.17) is 4.74 Å². The summed E-state index contributed by atoms with van der Waals surface area (Å²) in [5, 5.41) is 2.99. The smallest absolute Gasteiger partial charge is 0.270 e. The van der Waals surface area contributed by atoms with Crippen molar-refractivity contribution in [3.63, 3.8) is 0 Å². The summed E-state index contributed by atoms with van der Waals surface area (Å²) in [6, 6.07) is 5.96. The quantitative estimate of drug-likeness (QED) is 0.901. The highest BCUT2D eigenvalue weighted by Crippen LogP contribution is 2.12. The number of rotatable bonds is 5. The zero-order valence-electron chi connectivity index (χ0n) is 13.6. The van der Waals surface area contributed by atoms with Crippen molar-refractivity contribution < 1.29 is 13.9 Å². The fraction of sp³-hybridized carbons (Fsp3) is 0.412. The van der Waals surface area contributed by atoms with Crippen LogP contribution in [-0.4, -0.2) is 59.2 Å². The lowest BCUT2D eigenvalue weighted by Crippen LogP contribution is -2.46. The topological polar surface area (TPSA) is 59.4 Å². The molecule has 6 nitrogen and oxygen atoms in total. The number of halogens is 1. The maximum Gasteiger partial charge on any atom is 0.270 e. The molecular weight excluding hydrogens is 311 g/mol. The van der Waals surface area contributed by atoms with E-state index < -0.39 is 0 Å². The molecule has 7 heteroatoms. The molecule has 1 aromatic heterocycles. The van der Waals surface area contributed by atoms with Gasteiger partial charge in [0.05, 0.1) is 25.7 Å². The Balaban J connectivity index is 1.65. The minimum Gasteiger partial charge on any atom is -0.379 e.